The molecule has 3 aliphatic rings. The number of nitrogens with two attached hydrogens (primary N) is 3. The third kappa shape index (κ3) is 22.3. The average molecular weight is 1810 g/mol. The molecule has 0 spiro atoms. The van der Waals surface area contributed by atoms with Crippen LogP contribution in [-0.4, -0.2) is 195 Å². The van der Waals surface area contributed by atoms with Gasteiger partial charge in [0.05, 0.1) is 79.1 Å². The summed E-state index contributed by atoms with van der Waals surface area (Å²) in [6.45, 7) is 15.3. The number of hydrogen-bond acceptors (Lipinski definition) is 34. The average Bonchev–Trinajstić information content (AvgIpc) is 1.59. The Bertz CT molecular complexity index is 4900. The van der Waals surface area contributed by atoms with Gasteiger partial charge in [0.25, 0.3) is 0 Å². The first-order chi connectivity index (χ1) is 60.2. The molecule has 3 saturated heterocycles. The van der Waals surface area contributed by atoms with E-state index in [1.165, 1.54) is 71.2 Å². The van der Waals surface area contributed by atoms with Crippen molar-refractivity contribution in [1.29, 1.82) is 15.8 Å². The summed E-state index contributed by atoms with van der Waals surface area (Å²) in [4.78, 5) is 42.0. The van der Waals surface area contributed by atoms with Gasteiger partial charge < -0.3 is 89.8 Å². The number of aromatic nitrogens is 7. The number of fused-ring (bicyclic) bond motifs is 3. The lowest BCUT2D eigenvalue weighted by atomic mass is 9.92. The van der Waals surface area contributed by atoms with Crippen LogP contribution in [-0.2, 0) is 86.9 Å². The fraction of sp³-hybridized carbons (Fsp3) is 0.470. The van der Waals surface area contributed by atoms with Crippen LogP contribution in [0.15, 0.2) is 158 Å². The van der Waals surface area contributed by atoms with Gasteiger partial charge in [0, 0.05) is 12.4 Å². The van der Waals surface area contributed by atoms with E-state index in [0.717, 1.165) is 38.5 Å². The molecule has 3 aliphatic heterocycles. The molecule has 678 valence electrons. The van der Waals surface area contributed by atoms with Crippen LogP contribution in [0, 0.1) is 51.7 Å². The van der Waals surface area contributed by atoms with Crippen molar-refractivity contribution in [3.05, 3.63) is 175 Å². The fourth-order valence-corrected chi connectivity index (χ4v) is 18.4. The second kappa shape index (κ2) is 43.3. The summed E-state index contributed by atoms with van der Waals surface area (Å²) < 4.78 is 114. The third-order valence-corrected chi connectivity index (χ3v) is 26.7. The Balaban J connectivity index is 0.000000197. The summed E-state index contributed by atoms with van der Waals surface area (Å²) in [5.41, 5.74) is 14.2. The van der Waals surface area contributed by atoms with Gasteiger partial charge in [0.15, 0.2) is 5.82 Å². The largest absolute Gasteiger partial charge is 0.464 e. The molecule has 18 atom stereocenters. The minimum absolute atomic E-state index is 0.0961. The van der Waals surface area contributed by atoms with E-state index in [1.54, 1.807) is 121 Å². The summed E-state index contributed by atoms with van der Waals surface area (Å²) >= 11 is 0. The van der Waals surface area contributed by atoms with Gasteiger partial charge in [0.1, 0.15) is 120 Å². The molecular weight excluding hydrogens is 1700 g/mol. The maximum Gasteiger partial charge on any atom is 0.459 e. The van der Waals surface area contributed by atoms with E-state index in [9.17, 15) is 74.5 Å². The number of aliphatic hydroxyl groups is 6. The zero-order valence-electron chi connectivity index (χ0n) is 70.7. The van der Waals surface area contributed by atoms with Gasteiger partial charge in [-0.15, -0.1) is 0 Å². The molecule has 3 aromatic carbocycles. The summed E-state index contributed by atoms with van der Waals surface area (Å²) in [6.07, 6.45) is -4.99. The second-order valence-electron chi connectivity index (χ2n) is 30.2. The van der Waals surface area contributed by atoms with Crippen molar-refractivity contribution < 1.29 is 114 Å². The van der Waals surface area contributed by atoms with Crippen LogP contribution in [0.3, 0.4) is 0 Å². The Morgan fingerprint density at radius 3 is 0.992 bits per heavy atom. The Kier molecular flexibility index (Phi) is 33.5. The topological polar surface area (TPSA) is 585 Å². The predicted molar refractivity (Wildman–Crippen MR) is 454 cm³/mol. The number of esters is 3. The van der Waals surface area contributed by atoms with Gasteiger partial charge in [-0.2, -0.15) is 46.3 Å². The van der Waals surface area contributed by atoms with Crippen LogP contribution in [0.4, 0.5) is 17.2 Å². The van der Waals surface area contributed by atoms with Crippen LogP contribution in [0.5, 0.6) is 17.2 Å². The molecule has 0 unspecified atom stereocenters. The molecule has 0 amide bonds. The lowest BCUT2D eigenvalue weighted by Gasteiger charge is -2.25. The molecule has 9 aromatic rings. The third-order valence-electron chi connectivity index (χ3n) is 21.8. The lowest BCUT2D eigenvalue weighted by Crippen LogP contribution is -2.41. The molecular formula is C83H107N16O24P3. The van der Waals surface area contributed by atoms with Gasteiger partial charge in [-0.05, 0) is 123 Å². The summed E-state index contributed by atoms with van der Waals surface area (Å²) in [6, 6.07) is 39.5. The molecule has 3 fully saturated rings. The number of carbonyl (C=O) groups is 3. The highest BCUT2D eigenvalue weighted by atomic mass is 31.2. The number of hydrogen-bond donors (Lipinski definition) is 12. The minimum atomic E-state index is -4.32. The first-order valence-corrected chi connectivity index (χ1v) is 45.5. The fourth-order valence-electron chi connectivity index (χ4n) is 13.9. The van der Waals surface area contributed by atoms with Crippen molar-refractivity contribution >= 4 is 74.9 Å². The molecule has 12 rings (SSSR count). The Morgan fingerprint density at radius 2 is 0.714 bits per heavy atom. The molecule has 9 heterocycles. The highest BCUT2D eigenvalue weighted by Gasteiger charge is 2.61. The number of ether oxygens (including phenoxy) is 6. The molecule has 126 heavy (non-hydrogen) atoms. The van der Waals surface area contributed by atoms with Gasteiger partial charge >= 0.3 is 41.1 Å². The molecule has 0 aliphatic carbocycles. The number of nitrogens with one attached hydrogen (secondary N) is 3. The predicted octanol–water partition coefficient (Wildman–Crippen LogP) is 8.15. The molecule has 0 saturated carbocycles. The monoisotopic (exact) mass is 1800 g/mol. The van der Waals surface area contributed by atoms with Crippen LogP contribution in [0.1, 0.15) is 118 Å². The van der Waals surface area contributed by atoms with Crippen LogP contribution in [0.2, 0.25) is 0 Å². The van der Waals surface area contributed by atoms with E-state index >= 15 is 0 Å². The molecule has 43 heteroatoms. The number of anilines is 3. The van der Waals surface area contributed by atoms with E-state index in [1.807, 2.05) is 59.8 Å². The molecule has 6 aromatic heterocycles. The molecule has 0 bridgehead atoms. The lowest BCUT2D eigenvalue weighted by molar-refractivity contribution is -0.147. The van der Waals surface area contributed by atoms with Crippen LogP contribution < -0.4 is 46.0 Å². The first kappa shape index (κ1) is 97.6. The van der Waals surface area contributed by atoms with E-state index in [2.05, 4.69) is 35.5 Å². The number of nitriles is 3. The summed E-state index contributed by atoms with van der Waals surface area (Å²) in [5.74, 6) is -0.670. The van der Waals surface area contributed by atoms with Crippen molar-refractivity contribution in [2.24, 2.45) is 17.8 Å². The van der Waals surface area contributed by atoms with Crippen LogP contribution in [0.25, 0.3) is 16.6 Å². The Morgan fingerprint density at radius 1 is 0.437 bits per heavy atom. The standard InChI is InChI=1S/2C28H36N5O8P.C27H35N6O8P/c2*1-4-19(5-2)15-38-27(36)18(3)32-42(37,41-20-9-7-6-8-10-20)39-16-23-25(34)26(35)28(17-29,40-23)24-12-11-22-21(30)13-14-31-33(22)24;1-4-18(5-2)13-38-26(36)17(3)32-42(37,41-19-9-7-6-8-10-19)39-14-21-23(34)24(35)27(15-28,40-21)22-12-11-20-25(29)30-16-31-33(20)22/h2*6-14,18-19,23,25-26,34-35H,4-5,15-16,30H2,1-3H3,(H,32,37);6-12,16-18,21,23-24,34-35H,4-5,13-14H2,1-3H3,(H,32,37)(H2,29,30,31)/t2*18-,23+,25+,26+,28-,42-;17-,21+,23+,24+,27-,42+/m000/s1. The smallest absolute Gasteiger partial charge is 0.459 e. The van der Waals surface area contributed by atoms with E-state index in [4.69, 9.17) is 72.8 Å². The van der Waals surface area contributed by atoms with E-state index < -0.39 is 151 Å². The summed E-state index contributed by atoms with van der Waals surface area (Å²) in [7, 11) is -12.9. The minimum Gasteiger partial charge on any atom is -0.464 e. The number of nitrogens with zero attached hydrogens (tertiary/aromatic N) is 10. The van der Waals surface area contributed by atoms with E-state index in [-0.39, 0.29) is 77.7 Å². The maximum absolute atomic E-state index is 13.9. The number of aliphatic hydroxyl groups excluding tert-OH is 6. The van der Waals surface area contributed by atoms with Crippen LogP contribution >= 0.6 is 23.2 Å². The number of carbonyl (C=O) groups excluding carboxylic acids is 3. The van der Waals surface area contributed by atoms with Crippen molar-refractivity contribution in [2.45, 2.75) is 191 Å². The zero-order chi connectivity index (χ0) is 91.5. The molecule has 15 N–H and O–H groups in total. The van der Waals surface area contributed by atoms with Gasteiger partial charge in [-0.25, -0.2) is 32.2 Å². The Labute approximate surface area is 726 Å². The Hall–Kier alpha value is -10.6. The normalized spacial score (nSPS) is 24.3. The van der Waals surface area contributed by atoms with Crippen molar-refractivity contribution in [3.8, 4) is 35.5 Å². The van der Waals surface area contributed by atoms with Crippen molar-refractivity contribution in [1.82, 2.24) is 49.1 Å². The zero-order valence-corrected chi connectivity index (χ0v) is 73.4. The highest BCUT2D eigenvalue weighted by Crippen LogP contribution is 2.52. The van der Waals surface area contributed by atoms with Crippen molar-refractivity contribution in [2.75, 3.05) is 56.8 Å². The number of benzene rings is 3. The number of para-hydroxylation sites is 3. The SMILES string of the molecule is CCC(CC)COC(=O)[C@H](C)N[P@@](=O)(OC[C@H]1O[C@@](C#N)(c2ccc3c(N)ncnn23)[C@H](O)[C@@H]1O)Oc1ccccc1.CCC(CC)COC(=O)[C@H](C)N[P@](=O)(OC[C@H]1O[C@@](C#N)(c2ccc3c(N)ccnn23)[C@H](O)[C@@H]1O)Oc1ccccc1.CCC(CC)COC(=O)[C@H](C)N[P@](=O)(OC[C@H]1O[C@@](C#N)(c2ccc3c(N)ccnn23)[C@H](O)[C@@H]1O)Oc1ccccc1. The van der Waals surface area contributed by atoms with E-state index in [0.29, 0.717) is 27.9 Å². The molecule has 0 radical (unpaired) electrons. The number of nitrogen functional groups attached to an aromatic ring is 3. The summed E-state index contributed by atoms with van der Waals surface area (Å²) in [5, 5.41) is 116. The number of rotatable bonds is 39. The van der Waals surface area contributed by atoms with Crippen molar-refractivity contribution in [3.63, 3.8) is 0 Å². The highest BCUT2D eigenvalue weighted by molar-refractivity contribution is 7.52. The van der Waals surface area contributed by atoms with Gasteiger partial charge in [-0.1, -0.05) is 135 Å². The maximum atomic E-state index is 13.9. The molecule has 40 nitrogen and oxygen atoms in total. The second-order valence-corrected chi connectivity index (χ2v) is 35.2. The van der Waals surface area contributed by atoms with Gasteiger partial charge in [-0.3, -0.25) is 28.0 Å². The first-order valence-electron chi connectivity index (χ1n) is 40.9. The quantitative estimate of drug-likeness (QED) is 0.00981. The van der Waals surface area contributed by atoms with Gasteiger partial charge in [0.2, 0.25) is 16.8 Å².